The lowest BCUT2D eigenvalue weighted by molar-refractivity contribution is 0.110. The van der Waals surface area contributed by atoms with Gasteiger partial charge in [-0.3, -0.25) is 0 Å². The van der Waals surface area contributed by atoms with Crippen molar-refractivity contribution >= 4 is 0 Å². The Hall–Kier alpha value is -0.820. The van der Waals surface area contributed by atoms with Crippen LogP contribution in [0.3, 0.4) is 0 Å². The summed E-state index contributed by atoms with van der Waals surface area (Å²) in [6, 6.07) is 8.48. The largest absolute Gasteiger partial charge is 0.393 e. The number of benzene rings is 1. The fraction of sp³-hybridized carbons (Fsp3) is 0.538. The highest BCUT2D eigenvalue weighted by Crippen LogP contribution is 2.51. The minimum Gasteiger partial charge on any atom is -0.393 e. The third-order valence-electron chi connectivity index (χ3n) is 3.58. The first-order valence-electron chi connectivity index (χ1n) is 5.37. The van der Waals surface area contributed by atoms with Crippen LogP contribution in [0.4, 0.5) is 0 Å². The molecule has 0 saturated heterocycles. The van der Waals surface area contributed by atoms with Gasteiger partial charge in [-0.1, -0.05) is 24.3 Å². The molecule has 0 aromatic heterocycles. The molecule has 1 nitrogen and oxygen atoms in total. The van der Waals surface area contributed by atoms with E-state index in [1.807, 2.05) is 6.92 Å². The lowest BCUT2D eigenvalue weighted by Crippen LogP contribution is -2.20. The van der Waals surface area contributed by atoms with E-state index in [-0.39, 0.29) is 11.5 Å². The quantitative estimate of drug-likeness (QED) is 0.777. The lowest BCUT2D eigenvalue weighted by Gasteiger charge is -2.19. The first-order chi connectivity index (χ1) is 6.64. The zero-order valence-electron chi connectivity index (χ0n) is 8.96. The van der Waals surface area contributed by atoms with Gasteiger partial charge in [0, 0.05) is 5.41 Å². The molecule has 0 heterocycles. The van der Waals surface area contributed by atoms with E-state index in [0.717, 1.165) is 6.42 Å². The Morgan fingerprint density at radius 3 is 2.50 bits per heavy atom. The van der Waals surface area contributed by atoms with E-state index < -0.39 is 0 Å². The highest BCUT2D eigenvalue weighted by Gasteiger charge is 2.46. The summed E-state index contributed by atoms with van der Waals surface area (Å²) in [5, 5.41) is 9.69. The van der Waals surface area contributed by atoms with Crippen LogP contribution >= 0.6 is 0 Å². The molecule has 1 unspecified atom stereocenters. The first-order valence-corrected chi connectivity index (χ1v) is 5.37. The molecule has 1 aromatic carbocycles. The molecular weight excluding hydrogens is 172 g/mol. The molecule has 1 aromatic rings. The molecule has 0 radical (unpaired) electrons. The highest BCUT2D eigenvalue weighted by molar-refractivity contribution is 5.28. The molecule has 1 saturated carbocycles. The second-order valence-corrected chi connectivity index (χ2v) is 4.64. The van der Waals surface area contributed by atoms with Gasteiger partial charge in [0.15, 0.2) is 0 Å². The summed E-state index contributed by atoms with van der Waals surface area (Å²) in [7, 11) is 0. The van der Waals surface area contributed by atoms with Gasteiger partial charge in [0.25, 0.3) is 0 Å². The minimum atomic E-state index is -0.165. The predicted molar refractivity (Wildman–Crippen MR) is 58.2 cm³/mol. The van der Waals surface area contributed by atoms with Crippen LogP contribution in [0.5, 0.6) is 0 Å². The number of aliphatic hydroxyl groups excluding tert-OH is 1. The highest BCUT2D eigenvalue weighted by atomic mass is 16.3. The number of rotatable bonds is 3. The first kappa shape index (κ1) is 9.72. The fourth-order valence-electron chi connectivity index (χ4n) is 2.09. The summed E-state index contributed by atoms with van der Waals surface area (Å²) < 4.78 is 0. The maximum atomic E-state index is 9.69. The van der Waals surface area contributed by atoms with E-state index in [4.69, 9.17) is 0 Å². The van der Waals surface area contributed by atoms with Crippen molar-refractivity contribution in [2.24, 2.45) is 5.41 Å². The van der Waals surface area contributed by atoms with Gasteiger partial charge in [0.1, 0.15) is 0 Å². The molecule has 0 spiro atoms. The zero-order chi connectivity index (χ0) is 10.2. The third kappa shape index (κ3) is 1.69. The standard InChI is InChI=1S/C13H18O/c1-10-5-3-4-6-12(10)9-13(7-8-13)11(2)14/h3-6,11,14H,7-9H2,1-2H3. The Bertz CT molecular complexity index is 324. The monoisotopic (exact) mass is 190 g/mol. The van der Waals surface area contributed by atoms with Crippen LogP contribution < -0.4 is 0 Å². The van der Waals surface area contributed by atoms with Gasteiger partial charge in [-0.2, -0.15) is 0 Å². The topological polar surface area (TPSA) is 20.2 Å². The Balaban J connectivity index is 2.15. The molecule has 1 aliphatic rings. The van der Waals surface area contributed by atoms with E-state index in [1.54, 1.807) is 0 Å². The maximum Gasteiger partial charge on any atom is 0.0571 e. The van der Waals surface area contributed by atoms with Crippen molar-refractivity contribution in [2.45, 2.75) is 39.2 Å². The zero-order valence-corrected chi connectivity index (χ0v) is 8.96. The second kappa shape index (κ2) is 3.39. The van der Waals surface area contributed by atoms with Crippen molar-refractivity contribution in [3.05, 3.63) is 35.4 Å². The van der Waals surface area contributed by atoms with Crippen LogP contribution in [0.25, 0.3) is 0 Å². The van der Waals surface area contributed by atoms with Crippen molar-refractivity contribution in [1.29, 1.82) is 0 Å². The minimum absolute atomic E-state index is 0.165. The SMILES string of the molecule is Cc1ccccc1CC1(C(C)O)CC1. The van der Waals surface area contributed by atoms with Crippen molar-refractivity contribution in [3.63, 3.8) is 0 Å². The number of hydrogen-bond donors (Lipinski definition) is 1. The van der Waals surface area contributed by atoms with Crippen molar-refractivity contribution in [1.82, 2.24) is 0 Å². The number of hydrogen-bond acceptors (Lipinski definition) is 1. The lowest BCUT2D eigenvalue weighted by atomic mass is 9.90. The van der Waals surface area contributed by atoms with Gasteiger partial charge >= 0.3 is 0 Å². The van der Waals surface area contributed by atoms with Gasteiger partial charge in [0.2, 0.25) is 0 Å². The summed E-state index contributed by atoms with van der Waals surface area (Å²) in [5.74, 6) is 0. The summed E-state index contributed by atoms with van der Waals surface area (Å²) in [6.45, 7) is 4.07. The van der Waals surface area contributed by atoms with E-state index in [2.05, 4.69) is 31.2 Å². The van der Waals surface area contributed by atoms with Gasteiger partial charge in [-0.25, -0.2) is 0 Å². The summed E-state index contributed by atoms with van der Waals surface area (Å²) >= 11 is 0. The molecule has 76 valence electrons. The Labute approximate surface area is 85.8 Å². The van der Waals surface area contributed by atoms with Crippen LogP contribution in [-0.2, 0) is 6.42 Å². The molecule has 14 heavy (non-hydrogen) atoms. The molecule has 1 fully saturated rings. The van der Waals surface area contributed by atoms with Gasteiger partial charge in [-0.15, -0.1) is 0 Å². The molecule has 1 heteroatoms. The summed E-state index contributed by atoms with van der Waals surface area (Å²) in [4.78, 5) is 0. The Morgan fingerprint density at radius 2 is 2.00 bits per heavy atom. The van der Waals surface area contributed by atoms with Crippen LogP contribution in [0.15, 0.2) is 24.3 Å². The smallest absolute Gasteiger partial charge is 0.0571 e. The summed E-state index contributed by atoms with van der Waals surface area (Å²) in [5.41, 5.74) is 2.94. The Kier molecular flexibility index (Phi) is 2.36. The molecule has 1 N–H and O–H groups in total. The molecule has 1 atom stereocenters. The molecule has 0 aliphatic heterocycles. The van der Waals surface area contributed by atoms with E-state index in [0.29, 0.717) is 0 Å². The van der Waals surface area contributed by atoms with Crippen LogP contribution in [0.1, 0.15) is 30.9 Å². The van der Waals surface area contributed by atoms with E-state index in [9.17, 15) is 5.11 Å². The van der Waals surface area contributed by atoms with Gasteiger partial charge in [0.05, 0.1) is 6.10 Å². The van der Waals surface area contributed by atoms with E-state index >= 15 is 0 Å². The third-order valence-corrected chi connectivity index (χ3v) is 3.58. The molecule has 2 rings (SSSR count). The molecule has 0 amide bonds. The maximum absolute atomic E-state index is 9.69. The van der Waals surface area contributed by atoms with Crippen molar-refractivity contribution in [2.75, 3.05) is 0 Å². The van der Waals surface area contributed by atoms with Crippen molar-refractivity contribution in [3.8, 4) is 0 Å². The van der Waals surface area contributed by atoms with E-state index in [1.165, 1.54) is 24.0 Å². The number of aliphatic hydroxyl groups is 1. The average molecular weight is 190 g/mol. The van der Waals surface area contributed by atoms with Crippen LogP contribution in [-0.4, -0.2) is 11.2 Å². The average Bonchev–Trinajstić information content (AvgIpc) is 2.90. The predicted octanol–water partition coefficient (Wildman–Crippen LogP) is 2.70. The van der Waals surface area contributed by atoms with Gasteiger partial charge in [-0.05, 0) is 44.2 Å². The fourth-order valence-corrected chi connectivity index (χ4v) is 2.09. The molecule has 0 bridgehead atoms. The van der Waals surface area contributed by atoms with Crippen LogP contribution in [0.2, 0.25) is 0 Å². The number of aryl methyl sites for hydroxylation is 1. The molecule has 1 aliphatic carbocycles. The van der Waals surface area contributed by atoms with Gasteiger partial charge < -0.3 is 5.11 Å². The van der Waals surface area contributed by atoms with Crippen LogP contribution in [0, 0.1) is 12.3 Å². The normalized spacial score (nSPS) is 20.5. The van der Waals surface area contributed by atoms with Crippen molar-refractivity contribution < 1.29 is 5.11 Å². The second-order valence-electron chi connectivity index (χ2n) is 4.64. The molecular formula is C13H18O. The Morgan fingerprint density at radius 1 is 1.36 bits per heavy atom. The summed E-state index contributed by atoms with van der Waals surface area (Å²) in [6.07, 6.45) is 3.23.